The molecule has 53 heavy (non-hydrogen) atoms. The third-order valence-electron chi connectivity index (χ3n) is 10.5. The standard InChI is InChI=1S/C48H90O5/c1-3-5-7-9-11-13-15-17-19-21-22-23-24-25-26-27-29-31-33-35-37-39-41-43-48(51)53-46(44-49)45-52-47(50)42-40-38-36-34-32-30-28-20-18-16-14-12-10-8-6-4-2/h20-22,28,46,49H,3-19,23-27,29-45H2,1-2H3/b22-21-,28-20-. The van der Waals surface area contributed by atoms with Crippen molar-refractivity contribution in [2.45, 2.75) is 258 Å². The summed E-state index contributed by atoms with van der Waals surface area (Å²) in [6.07, 6.45) is 54.0. The van der Waals surface area contributed by atoms with E-state index in [-0.39, 0.29) is 25.2 Å². The van der Waals surface area contributed by atoms with Crippen LogP contribution in [0.4, 0.5) is 0 Å². The highest BCUT2D eigenvalue weighted by molar-refractivity contribution is 5.70. The molecule has 0 radical (unpaired) electrons. The molecule has 0 bridgehead atoms. The summed E-state index contributed by atoms with van der Waals surface area (Å²) in [6, 6.07) is 0. The minimum Gasteiger partial charge on any atom is -0.462 e. The number of hydrogen-bond acceptors (Lipinski definition) is 5. The lowest BCUT2D eigenvalue weighted by atomic mass is 10.0. The number of ether oxygens (including phenoxy) is 2. The summed E-state index contributed by atoms with van der Waals surface area (Å²) >= 11 is 0. The minimum atomic E-state index is -0.772. The first-order valence-corrected chi connectivity index (χ1v) is 23.4. The summed E-state index contributed by atoms with van der Waals surface area (Å²) in [4.78, 5) is 24.4. The third-order valence-corrected chi connectivity index (χ3v) is 10.5. The lowest BCUT2D eigenvalue weighted by Crippen LogP contribution is -2.28. The number of hydrogen-bond donors (Lipinski definition) is 1. The van der Waals surface area contributed by atoms with E-state index in [2.05, 4.69) is 38.2 Å². The van der Waals surface area contributed by atoms with Crippen molar-refractivity contribution in [3.63, 3.8) is 0 Å². The van der Waals surface area contributed by atoms with Crippen LogP contribution in [-0.4, -0.2) is 36.4 Å². The Labute approximate surface area is 330 Å². The minimum absolute atomic E-state index is 0.0668. The molecule has 0 saturated heterocycles. The van der Waals surface area contributed by atoms with Gasteiger partial charge < -0.3 is 14.6 Å². The third kappa shape index (κ3) is 43.0. The van der Waals surface area contributed by atoms with E-state index in [0.717, 1.165) is 44.9 Å². The van der Waals surface area contributed by atoms with Crippen molar-refractivity contribution in [1.82, 2.24) is 0 Å². The van der Waals surface area contributed by atoms with Crippen LogP contribution in [0.5, 0.6) is 0 Å². The quantitative estimate of drug-likeness (QED) is 0.0382. The zero-order valence-corrected chi connectivity index (χ0v) is 35.5. The van der Waals surface area contributed by atoms with Crippen LogP contribution in [0.25, 0.3) is 0 Å². The second kappa shape index (κ2) is 44.8. The van der Waals surface area contributed by atoms with E-state index >= 15 is 0 Å². The number of carbonyl (C=O) groups is 2. The molecule has 1 unspecified atom stereocenters. The maximum Gasteiger partial charge on any atom is 0.306 e. The topological polar surface area (TPSA) is 72.8 Å². The Balaban J connectivity index is 3.49. The van der Waals surface area contributed by atoms with Crippen LogP contribution < -0.4 is 0 Å². The van der Waals surface area contributed by atoms with E-state index in [4.69, 9.17) is 9.47 Å². The maximum absolute atomic E-state index is 12.2. The second-order valence-electron chi connectivity index (χ2n) is 15.8. The summed E-state index contributed by atoms with van der Waals surface area (Å²) < 4.78 is 10.6. The molecule has 0 fully saturated rings. The Morgan fingerprint density at radius 1 is 0.415 bits per heavy atom. The number of aliphatic hydroxyl groups is 1. The SMILES string of the molecule is CCCCCCCCC/C=C\CCCCCCCC(=O)OCC(CO)OC(=O)CCCCCCCCCCCCC/C=C\CCCCCCCCCC. The number of carbonyl (C=O) groups excluding carboxylic acids is 2. The first kappa shape index (κ1) is 51.4. The Morgan fingerprint density at radius 3 is 1.02 bits per heavy atom. The molecule has 0 aliphatic rings. The van der Waals surface area contributed by atoms with Gasteiger partial charge in [-0.3, -0.25) is 9.59 Å². The molecule has 1 N–H and O–H groups in total. The van der Waals surface area contributed by atoms with Crippen LogP contribution >= 0.6 is 0 Å². The van der Waals surface area contributed by atoms with Crippen molar-refractivity contribution in [2.24, 2.45) is 0 Å². The molecule has 5 heteroatoms. The van der Waals surface area contributed by atoms with Gasteiger partial charge in [0.05, 0.1) is 6.61 Å². The van der Waals surface area contributed by atoms with Crippen molar-refractivity contribution in [3.8, 4) is 0 Å². The van der Waals surface area contributed by atoms with E-state index in [1.54, 1.807) is 0 Å². The number of rotatable bonds is 43. The van der Waals surface area contributed by atoms with Crippen LogP contribution in [0, 0.1) is 0 Å². The van der Waals surface area contributed by atoms with E-state index in [9.17, 15) is 14.7 Å². The van der Waals surface area contributed by atoms with Crippen molar-refractivity contribution >= 4 is 11.9 Å². The monoisotopic (exact) mass is 747 g/mol. The highest BCUT2D eigenvalue weighted by Crippen LogP contribution is 2.15. The molecule has 0 aliphatic heterocycles. The lowest BCUT2D eigenvalue weighted by molar-refractivity contribution is -0.161. The predicted molar refractivity (Wildman–Crippen MR) is 228 cm³/mol. The molecule has 0 aromatic carbocycles. The molecule has 0 rings (SSSR count). The van der Waals surface area contributed by atoms with Gasteiger partial charge in [-0.1, -0.05) is 199 Å². The zero-order valence-electron chi connectivity index (χ0n) is 35.5. The first-order valence-electron chi connectivity index (χ1n) is 23.4. The molecular formula is C48H90O5. The number of esters is 2. The molecule has 312 valence electrons. The lowest BCUT2D eigenvalue weighted by Gasteiger charge is -2.15. The van der Waals surface area contributed by atoms with Crippen LogP contribution in [-0.2, 0) is 19.1 Å². The average Bonchev–Trinajstić information content (AvgIpc) is 3.16. The zero-order chi connectivity index (χ0) is 38.6. The average molecular weight is 747 g/mol. The summed E-state index contributed by atoms with van der Waals surface area (Å²) in [6.45, 7) is 4.15. The Kier molecular flexibility index (Phi) is 43.4. The van der Waals surface area contributed by atoms with Crippen molar-refractivity contribution in [2.75, 3.05) is 13.2 Å². The van der Waals surface area contributed by atoms with Gasteiger partial charge in [0.2, 0.25) is 0 Å². The van der Waals surface area contributed by atoms with Crippen molar-refractivity contribution in [1.29, 1.82) is 0 Å². The molecule has 0 aliphatic carbocycles. The molecule has 0 aromatic heterocycles. The van der Waals surface area contributed by atoms with E-state index in [0.29, 0.717) is 12.8 Å². The van der Waals surface area contributed by atoms with Crippen LogP contribution in [0.2, 0.25) is 0 Å². The molecule has 0 spiro atoms. The number of allylic oxidation sites excluding steroid dienone is 4. The second-order valence-corrected chi connectivity index (χ2v) is 15.8. The van der Waals surface area contributed by atoms with Gasteiger partial charge in [-0.25, -0.2) is 0 Å². The van der Waals surface area contributed by atoms with Gasteiger partial charge in [0.1, 0.15) is 6.61 Å². The Morgan fingerprint density at radius 2 is 0.698 bits per heavy atom. The molecular weight excluding hydrogens is 657 g/mol. The fraction of sp³-hybridized carbons (Fsp3) is 0.875. The Hall–Kier alpha value is -1.62. The van der Waals surface area contributed by atoms with Gasteiger partial charge >= 0.3 is 11.9 Å². The van der Waals surface area contributed by atoms with E-state index in [1.807, 2.05) is 0 Å². The van der Waals surface area contributed by atoms with E-state index in [1.165, 1.54) is 180 Å². The van der Waals surface area contributed by atoms with Crippen molar-refractivity contribution < 1.29 is 24.2 Å². The highest BCUT2D eigenvalue weighted by atomic mass is 16.6. The number of unbranched alkanes of at least 4 members (excludes halogenated alkanes) is 31. The summed E-state index contributed by atoms with van der Waals surface area (Å²) in [7, 11) is 0. The molecule has 0 heterocycles. The smallest absolute Gasteiger partial charge is 0.306 e. The summed E-state index contributed by atoms with van der Waals surface area (Å²) in [5.74, 6) is -0.591. The highest BCUT2D eigenvalue weighted by Gasteiger charge is 2.16. The molecule has 0 aromatic rings. The van der Waals surface area contributed by atoms with Gasteiger partial charge in [-0.15, -0.1) is 0 Å². The van der Waals surface area contributed by atoms with Gasteiger partial charge in [-0.05, 0) is 64.2 Å². The van der Waals surface area contributed by atoms with Gasteiger partial charge in [0.15, 0.2) is 6.10 Å². The molecule has 1 atom stereocenters. The van der Waals surface area contributed by atoms with Gasteiger partial charge in [0, 0.05) is 12.8 Å². The number of aliphatic hydroxyl groups excluding tert-OH is 1. The summed E-state index contributed by atoms with van der Waals surface area (Å²) in [5.41, 5.74) is 0. The van der Waals surface area contributed by atoms with Crippen LogP contribution in [0.1, 0.15) is 251 Å². The van der Waals surface area contributed by atoms with Crippen LogP contribution in [0.3, 0.4) is 0 Å². The van der Waals surface area contributed by atoms with Gasteiger partial charge in [-0.2, -0.15) is 0 Å². The van der Waals surface area contributed by atoms with Crippen molar-refractivity contribution in [3.05, 3.63) is 24.3 Å². The van der Waals surface area contributed by atoms with E-state index < -0.39 is 6.10 Å². The molecule has 5 nitrogen and oxygen atoms in total. The largest absolute Gasteiger partial charge is 0.462 e. The Bertz CT molecular complexity index is 806. The summed E-state index contributed by atoms with van der Waals surface area (Å²) in [5, 5.41) is 9.59. The van der Waals surface area contributed by atoms with Gasteiger partial charge in [0.25, 0.3) is 0 Å². The predicted octanol–water partition coefficient (Wildman–Crippen LogP) is 15.0. The maximum atomic E-state index is 12.2. The fourth-order valence-corrected chi connectivity index (χ4v) is 6.90. The molecule has 0 amide bonds. The molecule has 0 saturated carbocycles. The fourth-order valence-electron chi connectivity index (χ4n) is 6.90. The normalized spacial score (nSPS) is 12.3. The first-order chi connectivity index (χ1) is 26.1. The van der Waals surface area contributed by atoms with Crippen LogP contribution in [0.15, 0.2) is 24.3 Å².